The van der Waals surface area contributed by atoms with Gasteiger partial charge in [0.1, 0.15) is 29.9 Å². The standard InChI is InChI=1S/C14H15N5O5S2.ClH/c1-5-3-25-12-8(11(21)19(12)9(5)13(22)23)17-10(20)7(18-24-2)6-4-26-14(15)16-6;/h4,8,12H,3H2,1-2H3,(H2,15,16)(H,17,20)(H,22,23);1H/b18-7+;/t8-,12-;/m1./s1. The van der Waals surface area contributed by atoms with E-state index < -0.39 is 29.2 Å². The predicted octanol–water partition coefficient (Wildman–Crippen LogP) is 0.256. The van der Waals surface area contributed by atoms with Crippen LogP contribution in [0.2, 0.25) is 0 Å². The average molecular weight is 434 g/mol. The Labute approximate surface area is 168 Å². The van der Waals surface area contributed by atoms with E-state index in [-0.39, 0.29) is 34.6 Å². The molecule has 10 nitrogen and oxygen atoms in total. The molecule has 13 heteroatoms. The van der Waals surface area contributed by atoms with Gasteiger partial charge in [-0.05, 0) is 12.5 Å². The lowest BCUT2D eigenvalue weighted by Crippen LogP contribution is -2.71. The van der Waals surface area contributed by atoms with Gasteiger partial charge in [-0.15, -0.1) is 35.5 Å². The number of nitrogen functional groups attached to an aromatic ring is 1. The SMILES string of the molecule is CO/N=C(/C(=O)N[C@@H]1C(=O)N2C(C(=O)O)=C(C)CS[C@H]12)c1csc(N)n1.Cl. The van der Waals surface area contributed by atoms with Crippen molar-refractivity contribution in [2.24, 2.45) is 5.16 Å². The van der Waals surface area contributed by atoms with E-state index in [0.29, 0.717) is 11.3 Å². The van der Waals surface area contributed by atoms with Gasteiger partial charge in [0.25, 0.3) is 11.8 Å². The molecule has 2 amide bonds. The first kappa shape index (κ1) is 21.0. The van der Waals surface area contributed by atoms with Crippen LogP contribution in [-0.4, -0.2) is 62.8 Å². The van der Waals surface area contributed by atoms with Crippen LogP contribution in [0.15, 0.2) is 21.8 Å². The molecule has 2 atom stereocenters. The number of halogens is 1. The molecule has 0 spiro atoms. The van der Waals surface area contributed by atoms with Crippen molar-refractivity contribution in [2.45, 2.75) is 18.3 Å². The molecular formula is C14H16ClN5O5S2. The zero-order valence-electron chi connectivity index (χ0n) is 14.2. The summed E-state index contributed by atoms with van der Waals surface area (Å²) in [6.45, 7) is 1.67. The summed E-state index contributed by atoms with van der Waals surface area (Å²) in [5.41, 5.74) is 6.27. The molecular weight excluding hydrogens is 418 g/mol. The first-order valence-corrected chi connectivity index (χ1v) is 9.29. The maximum absolute atomic E-state index is 12.5. The van der Waals surface area contributed by atoms with Gasteiger partial charge in [0.15, 0.2) is 10.8 Å². The number of oxime groups is 1. The lowest BCUT2D eigenvalue weighted by atomic mass is 10.0. The lowest BCUT2D eigenvalue weighted by Gasteiger charge is -2.49. The Bertz CT molecular complexity index is 855. The van der Waals surface area contributed by atoms with Gasteiger partial charge in [-0.1, -0.05) is 5.16 Å². The Kier molecular flexibility index (Phi) is 6.34. The Hall–Kier alpha value is -2.31. The Morgan fingerprint density at radius 1 is 1.52 bits per heavy atom. The van der Waals surface area contributed by atoms with Crippen molar-refractivity contribution in [3.8, 4) is 0 Å². The number of carbonyl (C=O) groups excluding carboxylic acids is 2. The van der Waals surface area contributed by atoms with Gasteiger partial charge in [0.05, 0.1) is 0 Å². The quantitative estimate of drug-likeness (QED) is 0.340. The molecule has 0 aromatic carbocycles. The summed E-state index contributed by atoms with van der Waals surface area (Å²) in [5, 5.41) is 16.9. The van der Waals surface area contributed by atoms with Crippen molar-refractivity contribution >= 4 is 64.1 Å². The van der Waals surface area contributed by atoms with Gasteiger partial charge >= 0.3 is 5.97 Å². The topological polar surface area (TPSA) is 147 Å². The highest BCUT2D eigenvalue weighted by Crippen LogP contribution is 2.40. The number of nitrogens with one attached hydrogen (secondary N) is 1. The molecule has 0 radical (unpaired) electrons. The third-order valence-corrected chi connectivity index (χ3v) is 5.91. The number of carboxylic acids is 1. The molecule has 1 aromatic rings. The molecule has 4 N–H and O–H groups in total. The number of β-lactam (4-membered cyclic amide) rings is 1. The van der Waals surface area contributed by atoms with E-state index in [9.17, 15) is 19.5 Å². The van der Waals surface area contributed by atoms with E-state index in [1.54, 1.807) is 12.3 Å². The molecule has 1 fully saturated rings. The Morgan fingerprint density at radius 2 is 2.22 bits per heavy atom. The highest BCUT2D eigenvalue weighted by Gasteiger charge is 2.54. The number of nitrogens with zero attached hydrogens (tertiary/aromatic N) is 3. The van der Waals surface area contributed by atoms with Crippen LogP contribution in [0.5, 0.6) is 0 Å². The number of thioether (sulfide) groups is 1. The van der Waals surface area contributed by atoms with Crippen LogP contribution in [0.4, 0.5) is 5.13 Å². The van der Waals surface area contributed by atoms with E-state index in [1.165, 1.54) is 23.8 Å². The number of thiazole rings is 1. The van der Waals surface area contributed by atoms with Crippen molar-refractivity contribution < 1.29 is 24.3 Å². The third kappa shape index (κ3) is 3.73. The maximum atomic E-state index is 12.5. The van der Waals surface area contributed by atoms with Gasteiger partial charge < -0.3 is 21.0 Å². The number of aliphatic carboxylic acids is 1. The second kappa shape index (κ2) is 8.15. The van der Waals surface area contributed by atoms with Crippen LogP contribution in [-0.2, 0) is 19.2 Å². The molecule has 0 aliphatic carbocycles. The van der Waals surface area contributed by atoms with Gasteiger partial charge in [-0.25, -0.2) is 9.78 Å². The molecule has 0 unspecified atom stereocenters. The van der Waals surface area contributed by atoms with Crippen LogP contribution >= 0.6 is 35.5 Å². The average Bonchev–Trinajstić information content (AvgIpc) is 3.02. The minimum atomic E-state index is -1.16. The van der Waals surface area contributed by atoms with Gasteiger partial charge in [0.2, 0.25) is 0 Å². The fourth-order valence-electron chi connectivity index (χ4n) is 2.68. The molecule has 0 bridgehead atoms. The summed E-state index contributed by atoms with van der Waals surface area (Å²) in [6.07, 6.45) is 0. The monoisotopic (exact) mass is 433 g/mol. The zero-order chi connectivity index (χ0) is 19.0. The molecule has 0 saturated carbocycles. The highest BCUT2D eigenvalue weighted by molar-refractivity contribution is 8.00. The number of carboxylic acid groups (broad SMARTS) is 1. The molecule has 2 aliphatic rings. The second-order valence-electron chi connectivity index (χ2n) is 5.49. The van der Waals surface area contributed by atoms with Crippen LogP contribution in [0.1, 0.15) is 12.6 Å². The van der Waals surface area contributed by atoms with Crippen molar-refractivity contribution in [2.75, 3.05) is 18.6 Å². The molecule has 2 aliphatic heterocycles. The van der Waals surface area contributed by atoms with Crippen LogP contribution in [0.3, 0.4) is 0 Å². The zero-order valence-corrected chi connectivity index (χ0v) is 16.6. The van der Waals surface area contributed by atoms with Crippen LogP contribution in [0.25, 0.3) is 0 Å². The van der Waals surface area contributed by atoms with Crippen LogP contribution in [0, 0.1) is 0 Å². The number of hydrogen-bond donors (Lipinski definition) is 3. The van der Waals surface area contributed by atoms with Crippen molar-refractivity contribution in [1.82, 2.24) is 15.2 Å². The Balaban J connectivity index is 0.00000261. The molecule has 3 heterocycles. The van der Waals surface area contributed by atoms with Gasteiger partial charge in [-0.2, -0.15) is 0 Å². The molecule has 1 aromatic heterocycles. The van der Waals surface area contributed by atoms with E-state index in [1.807, 2.05) is 0 Å². The normalized spacial score (nSPS) is 21.8. The van der Waals surface area contributed by atoms with E-state index >= 15 is 0 Å². The summed E-state index contributed by atoms with van der Waals surface area (Å²) in [7, 11) is 1.28. The van der Waals surface area contributed by atoms with E-state index in [2.05, 4.69) is 20.3 Å². The van der Waals surface area contributed by atoms with E-state index in [4.69, 9.17) is 5.73 Å². The van der Waals surface area contributed by atoms with Crippen molar-refractivity contribution in [3.05, 3.63) is 22.3 Å². The highest BCUT2D eigenvalue weighted by atomic mass is 35.5. The summed E-state index contributed by atoms with van der Waals surface area (Å²) < 4.78 is 0. The number of carbonyl (C=O) groups is 3. The number of fused-ring (bicyclic) bond motifs is 1. The molecule has 27 heavy (non-hydrogen) atoms. The summed E-state index contributed by atoms with van der Waals surface area (Å²) in [6, 6.07) is -0.854. The van der Waals surface area contributed by atoms with Crippen molar-refractivity contribution in [1.29, 1.82) is 0 Å². The number of rotatable bonds is 5. The smallest absolute Gasteiger partial charge is 0.352 e. The summed E-state index contributed by atoms with van der Waals surface area (Å²) in [4.78, 5) is 46.2. The third-order valence-electron chi connectivity index (χ3n) is 3.81. The number of nitrogens with two attached hydrogens (primary N) is 1. The Morgan fingerprint density at radius 3 is 2.78 bits per heavy atom. The fourth-order valence-corrected chi connectivity index (χ4v) is 4.52. The molecule has 146 valence electrons. The second-order valence-corrected chi connectivity index (χ2v) is 7.48. The number of hydrogen-bond acceptors (Lipinski definition) is 9. The summed E-state index contributed by atoms with van der Waals surface area (Å²) >= 11 is 2.52. The molecule has 3 rings (SSSR count). The number of aromatic nitrogens is 1. The fraction of sp³-hybridized carbons (Fsp3) is 0.357. The predicted molar refractivity (Wildman–Crippen MR) is 103 cm³/mol. The first-order valence-electron chi connectivity index (χ1n) is 7.36. The maximum Gasteiger partial charge on any atom is 0.352 e. The minimum absolute atomic E-state index is 0. The largest absolute Gasteiger partial charge is 0.477 e. The van der Waals surface area contributed by atoms with Gasteiger partial charge in [-0.3, -0.25) is 14.5 Å². The van der Waals surface area contributed by atoms with Crippen LogP contribution < -0.4 is 11.1 Å². The van der Waals surface area contributed by atoms with E-state index in [0.717, 1.165) is 11.3 Å². The first-order chi connectivity index (χ1) is 12.3. The molecule has 1 saturated heterocycles. The minimum Gasteiger partial charge on any atom is -0.477 e. The lowest BCUT2D eigenvalue weighted by molar-refractivity contribution is -0.150. The van der Waals surface area contributed by atoms with Gasteiger partial charge in [0, 0.05) is 11.1 Å². The number of anilines is 1. The number of amides is 2. The van der Waals surface area contributed by atoms with Crippen molar-refractivity contribution in [3.63, 3.8) is 0 Å². The summed E-state index contributed by atoms with van der Waals surface area (Å²) in [5.74, 6) is -1.84.